The van der Waals surface area contributed by atoms with Gasteiger partial charge >= 0.3 is 0 Å². The molecule has 0 bridgehead atoms. The Labute approximate surface area is 117 Å². The largest absolute Gasteiger partial charge is 0.306 e. The number of para-hydroxylation sites is 1. The summed E-state index contributed by atoms with van der Waals surface area (Å²) in [5.74, 6) is 2.16. The van der Waals surface area contributed by atoms with E-state index < -0.39 is 0 Å². The fourth-order valence-corrected chi connectivity index (χ4v) is 3.56. The highest BCUT2D eigenvalue weighted by Crippen LogP contribution is 2.26. The van der Waals surface area contributed by atoms with Gasteiger partial charge in [0.05, 0.1) is 6.54 Å². The SMILES string of the molecule is C[C@@H]1C[C@@H](NCc2nncn2-c2ccccc2)CS1. The third kappa shape index (κ3) is 2.98. The monoisotopic (exact) mass is 274 g/mol. The molecule has 100 valence electrons. The molecular weight excluding hydrogens is 256 g/mol. The molecule has 1 fully saturated rings. The molecule has 0 spiro atoms. The number of thioether (sulfide) groups is 1. The average molecular weight is 274 g/mol. The lowest BCUT2D eigenvalue weighted by atomic mass is 10.2. The molecule has 1 saturated heterocycles. The number of nitrogens with zero attached hydrogens (tertiary/aromatic N) is 3. The van der Waals surface area contributed by atoms with Crippen molar-refractivity contribution >= 4 is 11.8 Å². The van der Waals surface area contributed by atoms with E-state index >= 15 is 0 Å². The zero-order chi connectivity index (χ0) is 13.1. The molecule has 0 aliphatic carbocycles. The quantitative estimate of drug-likeness (QED) is 0.928. The zero-order valence-corrected chi connectivity index (χ0v) is 11.8. The van der Waals surface area contributed by atoms with Crippen LogP contribution in [0.2, 0.25) is 0 Å². The minimum atomic E-state index is 0.598. The van der Waals surface area contributed by atoms with E-state index in [0.717, 1.165) is 23.3 Å². The Bertz CT molecular complexity index is 525. The van der Waals surface area contributed by atoms with E-state index in [-0.39, 0.29) is 0 Å². The Morgan fingerprint density at radius 3 is 2.95 bits per heavy atom. The molecule has 5 heteroatoms. The van der Waals surface area contributed by atoms with Crippen LogP contribution >= 0.6 is 11.8 Å². The van der Waals surface area contributed by atoms with Crippen molar-refractivity contribution < 1.29 is 0 Å². The standard InChI is InChI=1S/C14H18N4S/c1-11-7-12(9-19-11)15-8-14-17-16-10-18(14)13-5-3-2-4-6-13/h2-6,10-12,15H,7-9H2,1H3/t11-,12-/m1/s1. The number of hydrogen-bond acceptors (Lipinski definition) is 4. The van der Waals surface area contributed by atoms with Gasteiger partial charge in [-0.2, -0.15) is 11.8 Å². The van der Waals surface area contributed by atoms with Crippen molar-refractivity contribution in [1.29, 1.82) is 0 Å². The first-order valence-electron chi connectivity index (χ1n) is 6.62. The normalized spacial score (nSPS) is 22.8. The summed E-state index contributed by atoms with van der Waals surface area (Å²) in [6.45, 7) is 3.06. The van der Waals surface area contributed by atoms with E-state index in [4.69, 9.17) is 0 Å². The summed E-state index contributed by atoms with van der Waals surface area (Å²) in [5, 5.41) is 12.6. The summed E-state index contributed by atoms with van der Waals surface area (Å²) < 4.78 is 2.04. The van der Waals surface area contributed by atoms with Gasteiger partial charge in [-0.05, 0) is 18.6 Å². The highest BCUT2D eigenvalue weighted by Gasteiger charge is 2.21. The van der Waals surface area contributed by atoms with Gasteiger partial charge in [0.25, 0.3) is 0 Å². The van der Waals surface area contributed by atoms with Gasteiger partial charge in [-0.1, -0.05) is 25.1 Å². The molecule has 1 aliphatic rings. The Balaban J connectivity index is 1.67. The highest BCUT2D eigenvalue weighted by molar-refractivity contribution is 8.00. The number of aromatic nitrogens is 3. The molecule has 0 amide bonds. The molecule has 19 heavy (non-hydrogen) atoms. The van der Waals surface area contributed by atoms with Gasteiger partial charge in [0.1, 0.15) is 6.33 Å². The van der Waals surface area contributed by atoms with Crippen molar-refractivity contribution in [2.24, 2.45) is 0 Å². The van der Waals surface area contributed by atoms with Gasteiger partial charge in [0.15, 0.2) is 5.82 Å². The van der Waals surface area contributed by atoms with Crippen molar-refractivity contribution in [1.82, 2.24) is 20.1 Å². The van der Waals surface area contributed by atoms with Crippen LogP contribution in [0.15, 0.2) is 36.7 Å². The van der Waals surface area contributed by atoms with Gasteiger partial charge in [-0.3, -0.25) is 4.57 Å². The van der Waals surface area contributed by atoms with Crippen LogP contribution in [-0.2, 0) is 6.54 Å². The van der Waals surface area contributed by atoms with Crippen molar-refractivity contribution in [2.75, 3.05) is 5.75 Å². The van der Waals surface area contributed by atoms with E-state index in [1.807, 2.05) is 34.5 Å². The number of hydrogen-bond donors (Lipinski definition) is 1. The number of nitrogens with one attached hydrogen (secondary N) is 1. The van der Waals surface area contributed by atoms with Gasteiger partial charge < -0.3 is 5.32 Å². The van der Waals surface area contributed by atoms with E-state index in [1.165, 1.54) is 12.2 Å². The Morgan fingerprint density at radius 2 is 2.21 bits per heavy atom. The molecule has 2 atom stereocenters. The average Bonchev–Trinajstić information content (AvgIpc) is 3.06. The third-order valence-electron chi connectivity index (χ3n) is 3.40. The fraction of sp³-hybridized carbons (Fsp3) is 0.429. The summed E-state index contributed by atoms with van der Waals surface area (Å²) in [6.07, 6.45) is 3.02. The van der Waals surface area contributed by atoms with Crippen molar-refractivity contribution in [3.63, 3.8) is 0 Å². The van der Waals surface area contributed by atoms with Crippen LogP contribution in [0.3, 0.4) is 0 Å². The van der Waals surface area contributed by atoms with Crippen LogP contribution < -0.4 is 5.32 Å². The van der Waals surface area contributed by atoms with Crippen molar-refractivity contribution in [3.05, 3.63) is 42.5 Å². The number of rotatable bonds is 4. The molecule has 1 N–H and O–H groups in total. The zero-order valence-electron chi connectivity index (χ0n) is 11.0. The summed E-state index contributed by atoms with van der Waals surface area (Å²) in [4.78, 5) is 0. The molecule has 2 aromatic rings. The van der Waals surface area contributed by atoms with E-state index in [9.17, 15) is 0 Å². The number of benzene rings is 1. The van der Waals surface area contributed by atoms with Crippen LogP contribution in [0, 0.1) is 0 Å². The van der Waals surface area contributed by atoms with Crippen molar-refractivity contribution in [3.8, 4) is 5.69 Å². The Morgan fingerprint density at radius 1 is 1.37 bits per heavy atom. The van der Waals surface area contributed by atoms with Crippen LogP contribution in [0.4, 0.5) is 0 Å². The van der Waals surface area contributed by atoms with E-state index in [2.05, 4.69) is 34.6 Å². The molecular formula is C14H18N4S. The lowest BCUT2D eigenvalue weighted by molar-refractivity contribution is 0.524. The molecule has 0 unspecified atom stereocenters. The second-order valence-electron chi connectivity index (χ2n) is 4.91. The summed E-state index contributed by atoms with van der Waals surface area (Å²) in [7, 11) is 0. The van der Waals surface area contributed by atoms with E-state index in [1.54, 1.807) is 6.33 Å². The molecule has 0 radical (unpaired) electrons. The van der Waals surface area contributed by atoms with Crippen LogP contribution in [-0.4, -0.2) is 31.8 Å². The predicted octanol–water partition coefficient (Wildman–Crippen LogP) is 2.25. The van der Waals surface area contributed by atoms with Gasteiger partial charge in [0, 0.05) is 22.7 Å². The van der Waals surface area contributed by atoms with Gasteiger partial charge in [-0.15, -0.1) is 10.2 Å². The second-order valence-corrected chi connectivity index (χ2v) is 6.38. The minimum Gasteiger partial charge on any atom is -0.306 e. The summed E-state index contributed by atoms with van der Waals surface area (Å²) >= 11 is 2.04. The topological polar surface area (TPSA) is 42.7 Å². The lowest BCUT2D eigenvalue weighted by Crippen LogP contribution is -2.29. The second kappa shape index (κ2) is 5.75. The third-order valence-corrected chi connectivity index (χ3v) is 4.76. The molecule has 1 aromatic carbocycles. The Kier molecular flexibility index (Phi) is 3.84. The van der Waals surface area contributed by atoms with Gasteiger partial charge in [-0.25, -0.2) is 0 Å². The minimum absolute atomic E-state index is 0.598. The Hall–Kier alpha value is -1.33. The maximum absolute atomic E-state index is 4.22. The molecule has 1 aliphatic heterocycles. The van der Waals surface area contributed by atoms with Crippen LogP contribution in [0.1, 0.15) is 19.2 Å². The molecule has 0 saturated carbocycles. The molecule has 1 aromatic heterocycles. The first kappa shape index (κ1) is 12.7. The fourth-order valence-electron chi connectivity index (χ4n) is 2.38. The molecule has 4 nitrogen and oxygen atoms in total. The van der Waals surface area contributed by atoms with Gasteiger partial charge in [0.2, 0.25) is 0 Å². The first-order valence-corrected chi connectivity index (χ1v) is 7.67. The van der Waals surface area contributed by atoms with Crippen LogP contribution in [0.5, 0.6) is 0 Å². The smallest absolute Gasteiger partial charge is 0.151 e. The van der Waals surface area contributed by atoms with E-state index in [0.29, 0.717) is 6.04 Å². The molecule has 3 rings (SSSR count). The first-order chi connectivity index (χ1) is 9.33. The maximum atomic E-state index is 4.22. The highest BCUT2D eigenvalue weighted by atomic mass is 32.2. The van der Waals surface area contributed by atoms with Crippen molar-refractivity contribution in [2.45, 2.75) is 31.2 Å². The predicted molar refractivity (Wildman–Crippen MR) is 78.5 cm³/mol. The lowest BCUT2D eigenvalue weighted by Gasteiger charge is -2.12. The maximum Gasteiger partial charge on any atom is 0.151 e. The summed E-state index contributed by atoms with van der Waals surface area (Å²) in [5.41, 5.74) is 1.11. The molecule has 2 heterocycles. The van der Waals surface area contributed by atoms with Crippen LogP contribution in [0.25, 0.3) is 5.69 Å². The summed E-state index contributed by atoms with van der Waals surface area (Å²) in [6, 6.07) is 10.8.